The van der Waals surface area contributed by atoms with Gasteiger partial charge in [-0.2, -0.15) is 0 Å². The summed E-state index contributed by atoms with van der Waals surface area (Å²) in [7, 11) is 1.88. The number of aliphatic hydroxyl groups excluding tert-OH is 1. The number of aliphatic hydroxyl groups is 1. The highest BCUT2D eigenvalue weighted by atomic mass is 16.3. The first-order valence-electron chi connectivity index (χ1n) is 8.29. The first-order valence-corrected chi connectivity index (χ1v) is 8.29. The number of carbonyl (C=O) groups is 1. The number of likely N-dealkylation sites (N-methyl/N-ethyl adjacent to an activating group) is 1. The van der Waals surface area contributed by atoms with Gasteiger partial charge in [0, 0.05) is 19.7 Å². The van der Waals surface area contributed by atoms with E-state index < -0.39 is 0 Å². The van der Waals surface area contributed by atoms with Crippen molar-refractivity contribution in [2.45, 2.75) is 44.7 Å². The number of nitrogens with zero attached hydrogens (tertiary/aromatic N) is 2. The maximum atomic E-state index is 12.6. The molecule has 1 saturated heterocycles. The van der Waals surface area contributed by atoms with Crippen molar-refractivity contribution in [2.75, 3.05) is 26.7 Å². The summed E-state index contributed by atoms with van der Waals surface area (Å²) in [5.41, 5.74) is 1.16. The van der Waals surface area contributed by atoms with Gasteiger partial charge in [0.15, 0.2) is 0 Å². The molecule has 0 bridgehead atoms. The summed E-state index contributed by atoms with van der Waals surface area (Å²) >= 11 is 0. The average molecular weight is 304 g/mol. The Hall–Kier alpha value is -1.39. The van der Waals surface area contributed by atoms with Crippen LogP contribution in [-0.4, -0.2) is 53.6 Å². The molecule has 1 aliphatic heterocycles. The van der Waals surface area contributed by atoms with Crippen molar-refractivity contribution in [3.63, 3.8) is 0 Å². The van der Waals surface area contributed by atoms with Gasteiger partial charge in [0.25, 0.3) is 0 Å². The van der Waals surface area contributed by atoms with Crippen molar-refractivity contribution in [3.05, 3.63) is 35.9 Å². The van der Waals surface area contributed by atoms with Gasteiger partial charge >= 0.3 is 0 Å². The smallest absolute Gasteiger partial charge is 0.237 e. The second-order valence-electron chi connectivity index (χ2n) is 6.22. The summed E-state index contributed by atoms with van der Waals surface area (Å²) in [5.74, 6) is 0.154. The van der Waals surface area contributed by atoms with Crippen LogP contribution in [0.5, 0.6) is 0 Å². The number of benzene rings is 1. The van der Waals surface area contributed by atoms with Crippen molar-refractivity contribution in [1.29, 1.82) is 0 Å². The first-order chi connectivity index (χ1) is 10.6. The summed E-state index contributed by atoms with van der Waals surface area (Å²) in [6, 6.07) is 10.6. The fourth-order valence-electron chi connectivity index (χ4n) is 3.20. The van der Waals surface area contributed by atoms with E-state index in [-0.39, 0.29) is 18.6 Å². The van der Waals surface area contributed by atoms with Crippen LogP contribution in [0.3, 0.4) is 0 Å². The predicted molar refractivity (Wildman–Crippen MR) is 88.5 cm³/mol. The van der Waals surface area contributed by atoms with Gasteiger partial charge in [-0.25, -0.2) is 0 Å². The molecule has 1 aliphatic rings. The summed E-state index contributed by atoms with van der Waals surface area (Å²) in [6.07, 6.45) is 4.20. The number of likely N-dealkylation sites (tertiary alicyclic amines) is 1. The zero-order chi connectivity index (χ0) is 15.9. The van der Waals surface area contributed by atoms with Gasteiger partial charge < -0.3 is 10.0 Å². The third-order valence-electron chi connectivity index (χ3n) is 4.81. The van der Waals surface area contributed by atoms with Crippen LogP contribution in [0.2, 0.25) is 0 Å². The van der Waals surface area contributed by atoms with E-state index >= 15 is 0 Å². The Balaban J connectivity index is 1.95. The SMILES string of the molecule is CC(c1ccccc1)N(C)C(=O)CN1CCCCC1CCO. The highest BCUT2D eigenvalue weighted by molar-refractivity contribution is 5.78. The largest absolute Gasteiger partial charge is 0.396 e. The summed E-state index contributed by atoms with van der Waals surface area (Å²) in [4.78, 5) is 16.7. The Kier molecular flexibility index (Phi) is 6.40. The van der Waals surface area contributed by atoms with Gasteiger partial charge in [-0.3, -0.25) is 9.69 Å². The fourth-order valence-corrected chi connectivity index (χ4v) is 3.20. The van der Waals surface area contributed by atoms with Crippen molar-refractivity contribution < 1.29 is 9.90 Å². The maximum absolute atomic E-state index is 12.6. The molecule has 1 fully saturated rings. The molecule has 1 heterocycles. The van der Waals surface area contributed by atoms with Gasteiger partial charge in [0.1, 0.15) is 0 Å². The molecule has 4 heteroatoms. The van der Waals surface area contributed by atoms with Crippen LogP contribution in [-0.2, 0) is 4.79 Å². The number of hydrogen-bond acceptors (Lipinski definition) is 3. The van der Waals surface area contributed by atoms with Crippen LogP contribution >= 0.6 is 0 Å². The Morgan fingerprint density at radius 2 is 2.09 bits per heavy atom. The minimum atomic E-state index is 0.0785. The zero-order valence-corrected chi connectivity index (χ0v) is 13.7. The summed E-state index contributed by atoms with van der Waals surface area (Å²) in [6.45, 7) is 3.68. The third-order valence-corrected chi connectivity index (χ3v) is 4.81. The van der Waals surface area contributed by atoms with Crippen LogP contribution in [0.15, 0.2) is 30.3 Å². The lowest BCUT2D eigenvalue weighted by atomic mass is 9.99. The van der Waals surface area contributed by atoms with E-state index in [0.29, 0.717) is 12.6 Å². The molecule has 0 radical (unpaired) electrons. The second kappa shape index (κ2) is 8.30. The number of piperidine rings is 1. The van der Waals surface area contributed by atoms with E-state index in [1.165, 1.54) is 6.42 Å². The van der Waals surface area contributed by atoms with E-state index in [1.807, 2.05) is 30.1 Å². The molecule has 22 heavy (non-hydrogen) atoms. The van der Waals surface area contributed by atoms with Crippen LogP contribution in [0.25, 0.3) is 0 Å². The predicted octanol–water partition coefficient (Wildman–Crippen LogP) is 2.44. The minimum Gasteiger partial charge on any atom is -0.396 e. The minimum absolute atomic E-state index is 0.0785. The molecule has 0 aliphatic carbocycles. The van der Waals surface area contributed by atoms with E-state index in [0.717, 1.165) is 31.4 Å². The lowest BCUT2D eigenvalue weighted by Crippen LogP contribution is -2.46. The number of carbonyl (C=O) groups excluding carboxylic acids is 1. The summed E-state index contributed by atoms with van der Waals surface area (Å²) < 4.78 is 0. The van der Waals surface area contributed by atoms with Gasteiger partial charge in [0.05, 0.1) is 12.6 Å². The Morgan fingerprint density at radius 3 is 2.77 bits per heavy atom. The molecular weight excluding hydrogens is 276 g/mol. The van der Waals surface area contributed by atoms with Crippen molar-refractivity contribution in [2.24, 2.45) is 0 Å². The quantitative estimate of drug-likeness (QED) is 0.878. The monoisotopic (exact) mass is 304 g/mol. The van der Waals surface area contributed by atoms with E-state index in [9.17, 15) is 9.90 Å². The molecule has 1 aromatic carbocycles. The van der Waals surface area contributed by atoms with E-state index in [2.05, 4.69) is 24.0 Å². The Labute approximate surface area is 133 Å². The van der Waals surface area contributed by atoms with Crippen molar-refractivity contribution in [1.82, 2.24) is 9.80 Å². The highest BCUT2D eigenvalue weighted by Crippen LogP contribution is 2.22. The van der Waals surface area contributed by atoms with Gasteiger partial charge in [-0.15, -0.1) is 0 Å². The van der Waals surface area contributed by atoms with Gasteiger partial charge in [-0.05, 0) is 38.3 Å². The number of rotatable bonds is 6. The Morgan fingerprint density at radius 1 is 1.36 bits per heavy atom. The molecule has 4 nitrogen and oxygen atoms in total. The molecule has 122 valence electrons. The molecule has 2 atom stereocenters. The molecule has 0 aromatic heterocycles. The Bertz CT molecular complexity index is 461. The van der Waals surface area contributed by atoms with Crippen molar-refractivity contribution >= 4 is 5.91 Å². The average Bonchev–Trinajstić information content (AvgIpc) is 2.56. The molecule has 2 unspecified atom stereocenters. The standard InChI is InChI=1S/C18H28N2O2/c1-15(16-8-4-3-5-9-16)19(2)18(22)14-20-12-7-6-10-17(20)11-13-21/h3-5,8-9,15,17,21H,6-7,10-14H2,1-2H3. The lowest BCUT2D eigenvalue weighted by Gasteiger charge is -2.36. The molecule has 0 spiro atoms. The van der Waals surface area contributed by atoms with Crippen LogP contribution in [0, 0.1) is 0 Å². The second-order valence-corrected chi connectivity index (χ2v) is 6.22. The number of hydrogen-bond donors (Lipinski definition) is 1. The lowest BCUT2D eigenvalue weighted by molar-refractivity contribution is -0.134. The third kappa shape index (κ3) is 4.31. The topological polar surface area (TPSA) is 43.8 Å². The molecule has 2 rings (SSSR count). The zero-order valence-electron chi connectivity index (χ0n) is 13.7. The van der Waals surface area contributed by atoms with Crippen LogP contribution in [0.1, 0.15) is 44.2 Å². The maximum Gasteiger partial charge on any atom is 0.237 e. The molecular formula is C18H28N2O2. The molecule has 1 aromatic rings. The summed E-state index contributed by atoms with van der Waals surface area (Å²) in [5, 5.41) is 9.19. The van der Waals surface area contributed by atoms with Gasteiger partial charge in [-0.1, -0.05) is 36.8 Å². The molecule has 0 saturated carbocycles. The first kappa shape index (κ1) is 17.0. The molecule has 1 N–H and O–H groups in total. The van der Waals surface area contributed by atoms with E-state index in [4.69, 9.17) is 0 Å². The highest BCUT2D eigenvalue weighted by Gasteiger charge is 2.26. The number of amides is 1. The van der Waals surface area contributed by atoms with Crippen molar-refractivity contribution in [3.8, 4) is 0 Å². The normalized spacial score (nSPS) is 20.6. The van der Waals surface area contributed by atoms with Crippen LogP contribution < -0.4 is 0 Å². The van der Waals surface area contributed by atoms with Gasteiger partial charge in [0.2, 0.25) is 5.91 Å². The van der Waals surface area contributed by atoms with E-state index in [1.54, 1.807) is 0 Å². The fraction of sp³-hybridized carbons (Fsp3) is 0.611. The van der Waals surface area contributed by atoms with Crippen LogP contribution in [0.4, 0.5) is 0 Å². The molecule has 1 amide bonds.